The number of likely N-dealkylation sites (tertiary alicyclic amines) is 1. The van der Waals surface area contributed by atoms with Crippen LogP contribution >= 0.6 is 23.2 Å². The minimum absolute atomic E-state index is 0.358. The molecule has 3 nitrogen and oxygen atoms in total. The van der Waals surface area contributed by atoms with Crippen LogP contribution in [0.25, 0.3) is 21.8 Å². The van der Waals surface area contributed by atoms with Gasteiger partial charge in [0.15, 0.2) is 0 Å². The Labute approximate surface area is 151 Å². The van der Waals surface area contributed by atoms with Gasteiger partial charge in [0.2, 0.25) is 0 Å². The van der Waals surface area contributed by atoms with Crippen molar-refractivity contribution in [2.45, 2.75) is 25.5 Å². The first-order valence-corrected chi connectivity index (χ1v) is 9.26. The van der Waals surface area contributed by atoms with Crippen LogP contribution in [0.5, 0.6) is 0 Å². The molecular weight excluding hydrogens is 343 g/mol. The Bertz CT molecular complexity index is 825. The van der Waals surface area contributed by atoms with Crippen molar-refractivity contribution in [2.75, 3.05) is 19.6 Å². The zero-order chi connectivity index (χ0) is 16.7. The molecule has 0 amide bonds. The van der Waals surface area contributed by atoms with Crippen molar-refractivity contribution in [3.05, 3.63) is 46.4 Å². The average Bonchev–Trinajstić information content (AvgIpc) is 3.15. The lowest BCUT2D eigenvalue weighted by Gasteiger charge is -2.18. The largest absolute Gasteiger partial charge is 0.385 e. The minimum atomic E-state index is -0.358. The van der Waals surface area contributed by atoms with E-state index in [1.807, 2.05) is 36.4 Å². The third kappa shape index (κ3) is 3.02. The minimum Gasteiger partial charge on any atom is -0.385 e. The van der Waals surface area contributed by atoms with Gasteiger partial charge in [0.1, 0.15) is 12.6 Å². The van der Waals surface area contributed by atoms with E-state index in [0.29, 0.717) is 16.6 Å². The van der Waals surface area contributed by atoms with Gasteiger partial charge in [0.25, 0.3) is 0 Å². The van der Waals surface area contributed by atoms with Gasteiger partial charge in [-0.25, -0.2) is 0 Å². The summed E-state index contributed by atoms with van der Waals surface area (Å²) in [6.45, 7) is 3.75. The molecule has 0 aliphatic carbocycles. The van der Waals surface area contributed by atoms with Crippen molar-refractivity contribution in [2.24, 2.45) is 0 Å². The molecule has 24 heavy (non-hydrogen) atoms. The van der Waals surface area contributed by atoms with Crippen LogP contribution in [0.2, 0.25) is 10.0 Å². The van der Waals surface area contributed by atoms with Crippen LogP contribution in [0.1, 0.15) is 12.8 Å². The fraction of sp³-hybridized carbons (Fsp3) is 0.368. The normalized spacial score (nSPS) is 17.1. The molecule has 1 saturated heterocycles. The van der Waals surface area contributed by atoms with E-state index in [-0.39, 0.29) is 6.10 Å². The molecule has 0 spiro atoms. The van der Waals surface area contributed by atoms with Crippen molar-refractivity contribution in [3.8, 4) is 0 Å². The third-order valence-corrected chi connectivity index (χ3v) is 5.49. The standard InChI is InChI=1S/C19H20Cl2N2O/c20-13-3-5-18-16(9-13)17-10-14(21)4-6-19(17)23(18)12-15(24)11-22-7-1-2-8-22/h3-6,9-10,15,24H,1-2,7-8,11-12H2/p+1. The van der Waals surface area contributed by atoms with E-state index in [4.69, 9.17) is 23.2 Å². The van der Waals surface area contributed by atoms with Crippen LogP contribution in [0.15, 0.2) is 36.4 Å². The van der Waals surface area contributed by atoms with Gasteiger partial charge < -0.3 is 14.6 Å². The summed E-state index contributed by atoms with van der Waals surface area (Å²) < 4.78 is 2.19. The predicted octanol–water partition coefficient (Wildman–Crippen LogP) is 3.14. The number of rotatable bonds is 4. The fourth-order valence-electron chi connectivity index (χ4n) is 3.93. The number of nitrogens with one attached hydrogen (secondary N) is 1. The van der Waals surface area contributed by atoms with Gasteiger partial charge in [0.05, 0.1) is 19.6 Å². The highest BCUT2D eigenvalue weighted by Gasteiger charge is 2.21. The average molecular weight is 364 g/mol. The van der Waals surface area contributed by atoms with Crippen LogP contribution in [0.3, 0.4) is 0 Å². The van der Waals surface area contributed by atoms with Crippen molar-refractivity contribution in [1.82, 2.24) is 4.57 Å². The molecular formula is C19H21Cl2N2O+. The summed E-state index contributed by atoms with van der Waals surface area (Å²) in [5.41, 5.74) is 2.18. The molecule has 1 fully saturated rings. The van der Waals surface area contributed by atoms with Gasteiger partial charge in [-0.3, -0.25) is 0 Å². The maximum absolute atomic E-state index is 10.6. The predicted molar refractivity (Wildman–Crippen MR) is 100 cm³/mol. The lowest BCUT2D eigenvalue weighted by atomic mass is 10.1. The number of aliphatic hydroxyl groups is 1. The molecule has 2 aromatic carbocycles. The molecule has 1 aliphatic rings. The molecule has 2 heterocycles. The van der Waals surface area contributed by atoms with Gasteiger partial charge in [-0.05, 0) is 36.4 Å². The SMILES string of the molecule is OC(Cn1c2ccc(Cl)cc2c2cc(Cl)ccc21)C[NH+]1CCCC1. The Morgan fingerprint density at radius 2 is 1.50 bits per heavy atom. The molecule has 1 aliphatic heterocycles. The number of nitrogens with zero attached hydrogens (tertiary/aromatic N) is 1. The van der Waals surface area contributed by atoms with E-state index in [1.165, 1.54) is 30.8 Å². The molecule has 126 valence electrons. The summed E-state index contributed by atoms with van der Waals surface area (Å²) >= 11 is 12.4. The summed E-state index contributed by atoms with van der Waals surface area (Å²) in [7, 11) is 0. The molecule has 1 aromatic heterocycles. The molecule has 1 unspecified atom stereocenters. The number of hydrogen-bond acceptors (Lipinski definition) is 1. The van der Waals surface area contributed by atoms with E-state index >= 15 is 0 Å². The van der Waals surface area contributed by atoms with Crippen molar-refractivity contribution < 1.29 is 10.0 Å². The Hall–Kier alpha value is -1.26. The third-order valence-electron chi connectivity index (χ3n) is 5.02. The second-order valence-electron chi connectivity index (χ2n) is 6.75. The lowest BCUT2D eigenvalue weighted by molar-refractivity contribution is -0.890. The summed E-state index contributed by atoms with van der Waals surface area (Å²) in [6, 6.07) is 11.8. The molecule has 0 saturated carbocycles. The number of aliphatic hydroxyl groups excluding tert-OH is 1. The van der Waals surface area contributed by atoms with Crippen LogP contribution in [0.4, 0.5) is 0 Å². The van der Waals surface area contributed by atoms with Gasteiger partial charge in [-0.1, -0.05) is 23.2 Å². The summed E-state index contributed by atoms with van der Waals surface area (Å²) in [5.74, 6) is 0. The molecule has 2 N–H and O–H groups in total. The first kappa shape index (κ1) is 16.2. The van der Waals surface area contributed by atoms with Gasteiger partial charge in [-0.2, -0.15) is 0 Å². The Morgan fingerprint density at radius 3 is 2.04 bits per heavy atom. The van der Waals surface area contributed by atoms with Gasteiger partial charge in [-0.15, -0.1) is 0 Å². The topological polar surface area (TPSA) is 29.6 Å². The first-order valence-electron chi connectivity index (χ1n) is 8.50. The number of benzene rings is 2. The molecule has 1 atom stereocenters. The zero-order valence-corrected chi connectivity index (χ0v) is 14.9. The van der Waals surface area contributed by atoms with E-state index < -0.39 is 0 Å². The zero-order valence-electron chi connectivity index (χ0n) is 13.4. The fourth-order valence-corrected chi connectivity index (χ4v) is 4.28. The Kier molecular flexibility index (Phi) is 4.44. The van der Waals surface area contributed by atoms with Crippen molar-refractivity contribution in [1.29, 1.82) is 0 Å². The summed E-state index contributed by atoms with van der Waals surface area (Å²) in [6.07, 6.45) is 2.19. The van der Waals surface area contributed by atoms with E-state index in [2.05, 4.69) is 4.57 Å². The van der Waals surface area contributed by atoms with Gasteiger partial charge >= 0.3 is 0 Å². The summed E-state index contributed by atoms with van der Waals surface area (Å²) in [5, 5.41) is 14.2. The molecule has 4 rings (SSSR count). The van der Waals surface area contributed by atoms with Crippen LogP contribution in [-0.2, 0) is 6.54 Å². The number of halogens is 2. The van der Waals surface area contributed by atoms with Crippen molar-refractivity contribution >= 4 is 45.0 Å². The number of hydrogen-bond donors (Lipinski definition) is 2. The molecule has 0 bridgehead atoms. The van der Waals surface area contributed by atoms with E-state index in [0.717, 1.165) is 28.4 Å². The monoisotopic (exact) mass is 363 g/mol. The highest BCUT2D eigenvalue weighted by atomic mass is 35.5. The summed E-state index contributed by atoms with van der Waals surface area (Å²) in [4.78, 5) is 1.51. The molecule has 0 radical (unpaired) electrons. The van der Waals surface area contributed by atoms with E-state index in [1.54, 1.807) is 0 Å². The highest BCUT2D eigenvalue weighted by Crippen LogP contribution is 2.32. The maximum Gasteiger partial charge on any atom is 0.121 e. The van der Waals surface area contributed by atoms with Crippen LogP contribution < -0.4 is 4.90 Å². The molecule has 3 aromatic rings. The van der Waals surface area contributed by atoms with E-state index in [9.17, 15) is 5.11 Å². The van der Waals surface area contributed by atoms with Crippen LogP contribution in [0, 0.1) is 0 Å². The Morgan fingerprint density at radius 1 is 0.958 bits per heavy atom. The smallest absolute Gasteiger partial charge is 0.121 e. The molecule has 5 heteroatoms. The maximum atomic E-state index is 10.6. The second-order valence-corrected chi connectivity index (χ2v) is 7.62. The number of fused-ring (bicyclic) bond motifs is 3. The van der Waals surface area contributed by atoms with Crippen molar-refractivity contribution in [3.63, 3.8) is 0 Å². The van der Waals surface area contributed by atoms with Gasteiger partial charge in [0, 0.05) is 44.7 Å². The second kappa shape index (κ2) is 6.57. The quantitative estimate of drug-likeness (QED) is 0.732. The highest BCUT2D eigenvalue weighted by molar-refractivity contribution is 6.33. The first-order chi connectivity index (χ1) is 11.6. The number of quaternary nitrogens is 1. The Balaban J connectivity index is 1.75. The van der Waals surface area contributed by atoms with Crippen LogP contribution in [-0.4, -0.2) is 35.4 Å². The lowest BCUT2D eigenvalue weighted by Crippen LogP contribution is -3.11. The number of aromatic nitrogens is 1.